The van der Waals surface area contributed by atoms with Crippen LogP contribution in [0.5, 0.6) is 0 Å². The third kappa shape index (κ3) is 5.39. The van der Waals surface area contributed by atoms with Crippen molar-refractivity contribution in [1.82, 2.24) is 24.6 Å². The van der Waals surface area contributed by atoms with E-state index in [4.69, 9.17) is 15.5 Å². The van der Waals surface area contributed by atoms with Crippen molar-refractivity contribution in [2.75, 3.05) is 44.1 Å². The molecule has 3 amide bonds. The predicted octanol–water partition coefficient (Wildman–Crippen LogP) is 2.30. The van der Waals surface area contributed by atoms with Crippen molar-refractivity contribution in [3.05, 3.63) is 23.7 Å². The molecule has 0 spiro atoms. The molecule has 4 heterocycles. The number of nitrogens with zero attached hydrogens (tertiary/aromatic N) is 5. The first-order valence-electron chi connectivity index (χ1n) is 11.6. The Morgan fingerprint density at radius 2 is 2.03 bits per heavy atom. The average Bonchev–Trinajstić information content (AvgIpc) is 3.29. The number of carbonyl (C=O) groups excluding carboxylic acids is 2. The normalized spacial score (nSPS) is 21.2. The smallest absolute Gasteiger partial charge is 0.317 e. The van der Waals surface area contributed by atoms with Gasteiger partial charge in [0.2, 0.25) is 0 Å². The first kappa shape index (κ1) is 24.1. The van der Waals surface area contributed by atoms with Crippen LogP contribution in [0, 0.1) is 0 Å². The molecule has 2 aromatic heterocycles. The van der Waals surface area contributed by atoms with Gasteiger partial charge in [0.1, 0.15) is 10.8 Å². The van der Waals surface area contributed by atoms with E-state index in [9.17, 15) is 9.59 Å². The molecule has 0 radical (unpaired) electrons. The molecular weight excluding hydrogens is 456 g/mol. The van der Waals surface area contributed by atoms with Gasteiger partial charge in [0.25, 0.3) is 5.91 Å². The fourth-order valence-corrected chi connectivity index (χ4v) is 5.10. The van der Waals surface area contributed by atoms with Gasteiger partial charge in [-0.2, -0.15) is 4.37 Å². The van der Waals surface area contributed by atoms with Gasteiger partial charge in [0.15, 0.2) is 11.5 Å². The molecule has 0 aliphatic carbocycles. The monoisotopic (exact) mass is 488 g/mol. The van der Waals surface area contributed by atoms with E-state index in [0.717, 1.165) is 56.1 Å². The van der Waals surface area contributed by atoms with Gasteiger partial charge in [0.05, 0.1) is 17.9 Å². The molecule has 0 aromatic carbocycles. The van der Waals surface area contributed by atoms with Gasteiger partial charge >= 0.3 is 6.03 Å². The molecule has 2 fully saturated rings. The second-order valence-corrected chi connectivity index (χ2v) is 9.75. The highest BCUT2D eigenvalue weighted by atomic mass is 32.1. The SMILES string of the molecule is C[C@@H]1[C@H](NC(=O)N(C)C)CCCN1c1cnc(C(N)=O)c(Nc2cc(C3CCOCC3)ns2)n1. The summed E-state index contributed by atoms with van der Waals surface area (Å²) in [5.74, 6) is 0.646. The number of hydrogen-bond acceptors (Lipinski definition) is 9. The maximum absolute atomic E-state index is 12.2. The van der Waals surface area contributed by atoms with E-state index in [0.29, 0.717) is 17.6 Å². The third-order valence-corrected chi connectivity index (χ3v) is 7.12. The maximum atomic E-state index is 12.2. The summed E-state index contributed by atoms with van der Waals surface area (Å²) in [5, 5.41) is 7.07. The second-order valence-electron chi connectivity index (χ2n) is 8.94. The fourth-order valence-electron chi connectivity index (χ4n) is 4.38. The van der Waals surface area contributed by atoms with Crippen LogP contribution in [0.15, 0.2) is 12.3 Å². The quantitative estimate of drug-likeness (QED) is 0.563. The van der Waals surface area contributed by atoms with Crippen LogP contribution >= 0.6 is 11.5 Å². The first-order chi connectivity index (χ1) is 16.3. The first-order valence-corrected chi connectivity index (χ1v) is 12.3. The van der Waals surface area contributed by atoms with Crippen LogP contribution in [0.4, 0.5) is 21.4 Å². The van der Waals surface area contributed by atoms with E-state index in [1.54, 1.807) is 20.3 Å². The standard InChI is InChI=1S/C22H32N8O3S/c1-13-15(25-22(32)29(2)3)5-4-8-30(13)17-12-24-19(20(23)31)21(26-17)27-18-11-16(28-34-18)14-6-9-33-10-7-14/h11-15H,4-10H2,1-3H3,(H2,23,31)(H,25,32)(H,26,27)/t13-,15-/m1/s1. The minimum absolute atomic E-state index is 0.00255. The average molecular weight is 489 g/mol. The minimum Gasteiger partial charge on any atom is -0.381 e. The minimum atomic E-state index is -0.654. The second kappa shape index (κ2) is 10.5. The molecule has 2 aliphatic heterocycles. The molecule has 12 heteroatoms. The van der Waals surface area contributed by atoms with Gasteiger partial charge in [-0.3, -0.25) is 4.79 Å². The summed E-state index contributed by atoms with van der Waals surface area (Å²) in [7, 11) is 3.44. The lowest BCUT2D eigenvalue weighted by Crippen LogP contribution is -2.56. The van der Waals surface area contributed by atoms with Gasteiger partial charge in [-0.05, 0) is 50.2 Å². The predicted molar refractivity (Wildman–Crippen MR) is 131 cm³/mol. The zero-order valence-corrected chi connectivity index (χ0v) is 20.6. The molecule has 4 N–H and O–H groups in total. The Hall–Kier alpha value is -2.99. The van der Waals surface area contributed by atoms with Gasteiger partial charge in [-0.15, -0.1) is 0 Å². The molecule has 2 aromatic rings. The van der Waals surface area contributed by atoms with Crippen LogP contribution in [0.3, 0.4) is 0 Å². The Bertz CT molecular complexity index is 1020. The van der Waals surface area contributed by atoms with E-state index < -0.39 is 5.91 Å². The maximum Gasteiger partial charge on any atom is 0.317 e. The molecule has 2 saturated heterocycles. The number of rotatable bonds is 6. The summed E-state index contributed by atoms with van der Waals surface area (Å²) in [6.45, 7) is 4.32. The van der Waals surface area contributed by atoms with Gasteiger partial charge in [0, 0.05) is 45.8 Å². The van der Waals surface area contributed by atoms with E-state index in [1.165, 1.54) is 16.4 Å². The Morgan fingerprint density at radius 3 is 2.74 bits per heavy atom. The van der Waals surface area contributed by atoms with E-state index in [2.05, 4.69) is 31.8 Å². The molecule has 0 bridgehead atoms. The Labute approximate surface area is 203 Å². The number of nitrogens with two attached hydrogens (primary N) is 1. The lowest BCUT2D eigenvalue weighted by atomic mass is 9.97. The van der Waals surface area contributed by atoms with Gasteiger partial charge in [-0.1, -0.05) is 0 Å². The molecule has 184 valence electrons. The van der Waals surface area contributed by atoms with Gasteiger partial charge < -0.3 is 30.9 Å². The van der Waals surface area contributed by atoms with Crippen molar-refractivity contribution >= 4 is 40.1 Å². The summed E-state index contributed by atoms with van der Waals surface area (Å²) >= 11 is 1.32. The molecular formula is C22H32N8O3S. The van der Waals surface area contributed by atoms with Crippen molar-refractivity contribution in [3.63, 3.8) is 0 Å². The van der Waals surface area contributed by atoms with Crippen molar-refractivity contribution in [1.29, 1.82) is 0 Å². The number of primary amides is 1. The number of aromatic nitrogens is 3. The number of amides is 3. The van der Waals surface area contributed by atoms with Crippen LogP contribution in [0.1, 0.15) is 54.7 Å². The van der Waals surface area contributed by atoms with E-state index in [-0.39, 0.29) is 23.8 Å². The van der Waals surface area contributed by atoms with Crippen molar-refractivity contribution < 1.29 is 14.3 Å². The largest absolute Gasteiger partial charge is 0.381 e. The Kier molecular flexibility index (Phi) is 7.47. The zero-order valence-electron chi connectivity index (χ0n) is 19.8. The number of urea groups is 1. The molecule has 2 aliphatic rings. The topological polar surface area (TPSA) is 139 Å². The number of ether oxygens (including phenoxy) is 1. The molecule has 11 nitrogen and oxygen atoms in total. The molecule has 34 heavy (non-hydrogen) atoms. The third-order valence-electron chi connectivity index (χ3n) is 6.40. The molecule has 2 atom stereocenters. The number of hydrogen-bond donors (Lipinski definition) is 3. The van der Waals surface area contributed by atoms with Crippen molar-refractivity contribution in [3.8, 4) is 0 Å². The number of nitrogens with one attached hydrogen (secondary N) is 2. The van der Waals surface area contributed by atoms with Crippen molar-refractivity contribution in [2.24, 2.45) is 5.73 Å². The van der Waals surface area contributed by atoms with E-state index in [1.807, 2.05) is 6.07 Å². The van der Waals surface area contributed by atoms with Crippen LogP contribution in [0.25, 0.3) is 0 Å². The highest BCUT2D eigenvalue weighted by Gasteiger charge is 2.31. The summed E-state index contributed by atoms with van der Waals surface area (Å²) in [6, 6.07) is 1.85. The Balaban J connectivity index is 1.54. The van der Waals surface area contributed by atoms with Crippen LogP contribution in [-0.2, 0) is 4.74 Å². The Morgan fingerprint density at radius 1 is 1.26 bits per heavy atom. The summed E-state index contributed by atoms with van der Waals surface area (Å²) in [4.78, 5) is 36.9. The van der Waals surface area contributed by atoms with Crippen LogP contribution in [0.2, 0.25) is 0 Å². The summed E-state index contributed by atoms with van der Waals surface area (Å²) in [5.41, 5.74) is 6.67. The van der Waals surface area contributed by atoms with Gasteiger partial charge in [-0.25, -0.2) is 14.8 Å². The van der Waals surface area contributed by atoms with E-state index >= 15 is 0 Å². The summed E-state index contributed by atoms with van der Waals surface area (Å²) in [6.07, 6.45) is 5.24. The highest BCUT2D eigenvalue weighted by molar-refractivity contribution is 7.10. The number of carbonyl (C=O) groups is 2. The highest BCUT2D eigenvalue weighted by Crippen LogP contribution is 2.32. The number of piperidine rings is 1. The number of anilines is 3. The zero-order chi connectivity index (χ0) is 24.2. The van der Waals surface area contributed by atoms with Crippen molar-refractivity contribution in [2.45, 2.75) is 50.6 Å². The molecule has 4 rings (SSSR count). The lowest BCUT2D eigenvalue weighted by molar-refractivity contribution is 0.0847. The molecule has 0 saturated carbocycles. The molecule has 0 unspecified atom stereocenters. The summed E-state index contributed by atoms with van der Waals surface area (Å²) < 4.78 is 10.0. The lowest BCUT2D eigenvalue weighted by Gasteiger charge is -2.40. The van der Waals surface area contributed by atoms with Crippen LogP contribution in [-0.4, -0.2) is 77.1 Å². The fraction of sp³-hybridized carbons (Fsp3) is 0.591. The van der Waals surface area contributed by atoms with Crippen LogP contribution < -0.4 is 21.3 Å².